The van der Waals surface area contributed by atoms with Gasteiger partial charge in [0.1, 0.15) is 0 Å². The standard InChI is InChI=1S/C21H36O2/c1-6-7-8-9-10-14-17-20(19-15-12-11-13-16-19)21(22-4,23-5)18(2)3/h11-13,15-16,18,20H,6-10,14,17H2,1-5H3. The summed E-state index contributed by atoms with van der Waals surface area (Å²) in [5.41, 5.74) is 1.32. The highest BCUT2D eigenvalue weighted by molar-refractivity contribution is 5.22. The van der Waals surface area contributed by atoms with Gasteiger partial charge < -0.3 is 9.47 Å². The summed E-state index contributed by atoms with van der Waals surface area (Å²) < 4.78 is 11.9. The molecule has 1 aromatic carbocycles. The van der Waals surface area contributed by atoms with Gasteiger partial charge in [0.05, 0.1) is 0 Å². The number of hydrogen-bond acceptors (Lipinski definition) is 2. The highest BCUT2D eigenvalue weighted by atomic mass is 16.7. The van der Waals surface area contributed by atoms with Crippen LogP contribution in [-0.4, -0.2) is 20.0 Å². The Balaban J connectivity index is 2.82. The smallest absolute Gasteiger partial charge is 0.176 e. The minimum absolute atomic E-state index is 0.268. The van der Waals surface area contributed by atoms with Crippen LogP contribution < -0.4 is 0 Å². The van der Waals surface area contributed by atoms with Crippen LogP contribution in [0.1, 0.15) is 77.2 Å². The molecular weight excluding hydrogens is 284 g/mol. The van der Waals surface area contributed by atoms with Crippen molar-refractivity contribution in [3.05, 3.63) is 35.9 Å². The van der Waals surface area contributed by atoms with Crippen LogP contribution in [0, 0.1) is 5.92 Å². The van der Waals surface area contributed by atoms with Crippen molar-refractivity contribution in [2.75, 3.05) is 14.2 Å². The summed E-state index contributed by atoms with van der Waals surface area (Å²) in [6, 6.07) is 10.7. The first-order valence-electron chi connectivity index (χ1n) is 9.27. The minimum atomic E-state index is -0.551. The zero-order valence-electron chi connectivity index (χ0n) is 15.8. The number of methoxy groups -OCH3 is 2. The molecular formula is C21H36O2. The third-order valence-corrected chi connectivity index (χ3v) is 4.98. The van der Waals surface area contributed by atoms with Gasteiger partial charge in [0.15, 0.2) is 5.79 Å². The average Bonchev–Trinajstić information content (AvgIpc) is 2.58. The topological polar surface area (TPSA) is 18.5 Å². The maximum atomic E-state index is 5.94. The molecule has 0 aliphatic rings. The summed E-state index contributed by atoms with van der Waals surface area (Å²) in [5.74, 6) is 0.0118. The van der Waals surface area contributed by atoms with Gasteiger partial charge in [-0.05, 0) is 12.0 Å². The van der Waals surface area contributed by atoms with Crippen molar-refractivity contribution in [1.29, 1.82) is 0 Å². The van der Waals surface area contributed by atoms with Crippen molar-refractivity contribution in [2.45, 2.75) is 77.4 Å². The largest absolute Gasteiger partial charge is 0.352 e. The number of hydrogen-bond donors (Lipinski definition) is 0. The molecule has 0 saturated heterocycles. The molecule has 0 aliphatic heterocycles. The SMILES string of the molecule is CCCCCCCCC(c1ccccc1)C(OC)(OC)C(C)C. The molecule has 1 unspecified atom stereocenters. The van der Waals surface area contributed by atoms with E-state index in [-0.39, 0.29) is 5.92 Å². The van der Waals surface area contributed by atoms with Crippen molar-refractivity contribution in [3.63, 3.8) is 0 Å². The lowest BCUT2D eigenvalue weighted by Crippen LogP contribution is -2.45. The third-order valence-electron chi connectivity index (χ3n) is 4.98. The molecule has 0 aliphatic carbocycles. The molecule has 2 heteroatoms. The number of unbranched alkanes of at least 4 members (excludes halogenated alkanes) is 5. The van der Waals surface area contributed by atoms with Crippen molar-refractivity contribution in [1.82, 2.24) is 0 Å². The molecule has 23 heavy (non-hydrogen) atoms. The second-order valence-corrected chi connectivity index (χ2v) is 6.80. The number of rotatable bonds is 12. The van der Waals surface area contributed by atoms with E-state index in [2.05, 4.69) is 51.1 Å². The van der Waals surface area contributed by atoms with Crippen LogP contribution in [0.4, 0.5) is 0 Å². The maximum Gasteiger partial charge on any atom is 0.176 e. The van der Waals surface area contributed by atoms with Crippen molar-refractivity contribution in [3.8, 4) is 0 Å². The van der Waals surface area contributed by atoms with Gasteiger partial charge in [0, 0.05) is 26.1 Å². The lowest BCUT2D eigenvalue weighted by Gasteiger charge is -2.42. The first-order chi connectivity index (χ1) is 11.1. The highest BCUT2D eigenvalue weighted by Crippen LogP contribution is 2.41. The van der Waals surface area contributed by atoms with Crippen LogP contribution in [-0.2, 0) is 9.47 Å². The molecule has 1 aromatic rings. The van der Waals surface area contributed by atoms with Crippen LogP contribution in [0.15, 0.2) is 30.3 Å². The second kappa shape index (κ2) is 10.8. The zero-order valence-corrected chi connectivity index (χ0v) is 15.8. The quantitative estimate of drug-likeness (QED) is 0.339. The molecule has 0 spiro atoms. The molecule has 0 amide bonds. The zero-order chi connectivity index (χ0) is 17.1. The molecule has 2 nitrogen and oxygen atoms in total. The van der Waals surface area contributed by atoms with Crippen LogP contribution >= 0.6 is 0 Å². The molecule has 0 N–H and O–H groups in total. The molecule has 132 valence electrons. The van der Waals surface area contributed by atoms with E-state index in [9.17, 15) is 0 Å². The fraction of sp³-hybridized carbons (Fsp3) is 0.714. The van der Waals surface area contributed by atoms with E-state index in [1.807, 2.05) is 0 Å². The van der Waals surface area contributed by atoms with Gasteiger partial charge in [-0.25, -0.2) is 0 Å². The van der Waals surface area contributed by atoms with Gasteiger partial charge in [0.2, 0.25) is 0 Å². The Morgan fingerprint density at radius 2 is 1.43 bits per heavy atom. The first kappa shape index (κ1) is 20.2. The summed E-state index contributed by atoms with van der Waals surface area (Å²) in [4.78, 5) is 0. The molecule has 1 atom stereocenters. The Hall–Kier alpha value is -0.860. The normalized spacial score (nSPS) is 13.5. The predicted octanol–water partition coefficient (Wildman–Crippen LogP) is 6.17. The lowest BCUT2D eigenvalue weighted by molar-refractivity contribution is -0.249. The Kier molecular flexibility index (Phi) is 9.50. The van der Waals surface area contributed by atoms with E-state index >= 15 is 0 Å². The van der Waals surface area contributed by atoms with Crippen molar-refractivity contribution >= 4 is 0 Å². The summed E-state index contributed by atoms with van der Waals surface area (Å²) in [7, 11) is 3.56. The Labute approximate surface area is 143 Å². The Bertz CT molecular complexity index is 396. The number of ether oxygens (including phenoxy) is 2. The summed E-state index contributed by atoms with van der Waals surface area (Å²) in [5, 5.41) is 0. The van der Waals surface area contributed by atoms with E-state index in [0.29, 0.717) is 5.92 Å². The lowest BCUT2D eigenvalue weighted by atomic mass is 9.80. The molecule has 0 saturated carbocycles. The second-order valence-electron chi connectivity index (χ2n) is 6.80. The molecule has 1 rings (SSSR count). The maximum absolute atomic E-state index is 5.94. The highest BCUT2D eigenvalue weighted by Gasteiger charge is 2.42. The van der Waals surface area contributed by atoms with Gasteiger partial charge in [-0.3, -0.25) is 0 Å². The van der Waals surface area contributed by atoms with Gasteiger partial charge >= 0.3 is 0 Å². The van der Waals surface area contributed by atoms with Crippen LogP contribution in [0.3, 0.4) is 0 Å². The monoisotopic (exact) mass is 320 g/mol. The molecule has 0 aromatic heterocycles. The summed E-state index contributed by atoms with van der Waals surface area (Å²) >= 11 is 0. The third kappa shape index (κ3) is 5.61. The van der Waals surface area contributed by atoms with Gasteiger partial charge in [-0.1, -0.05) is 89.6 Å². The van der Waals surface area contributed by atoms with Crippen molar-refractivity contribution in [2.24, 2.45) is 5.92 Å². The minimum Gasteiger partial charge on any atom is -0.352 e. The van der Waals surface area contributed by atoms with E-state index in [4.69, 9.17) is 9.47 Å². The molecule has 0 bridgehead atoms. The van der Waals surface area contributed by atoms with Crippen LogP contribution in [0.5, 0.6) is 0 Å². The van der Waals surface area contributed by atoms with Crippen LogP contribution in [0.25, 0.3) is 0 Å². The Morgan fingerprint density at radius 1 is 0.870 bits per heavy atom. The molecule has 0 radical (unpaired) electrons. The van der Waals surface area contributed by atoms with E-state index in [0.717, 1.165) is 6.42 Å². The molecule has 0 fully saturated rings. The van der Waals surface area contributed by atoms with E-state index in [1.54, 1.807) is 14.2 Å². The number of benzene rings is 1. The predicted molar refractivity (Wildman–Crippen MR) is 98.8 cm³/mol. The van der Waals surface area contributed by atoms with Gasteiger partial charge in [-0.2, -0.15) is 0 Å². The Morgan fingerprint density at radius 3 is 1.96 bits per heavy atom. The van der Waals surface area contributed by atoms with Gasteiger partial charge in [0.25, 0.3) is 0 Å². The summed E-state index contributed by atoms with van der Waals surface area (Å²) in [6.07, 6.45) is 8.98. The van der Waals surface area contributed by atoms with Crippen LogP contribution in [0.2, 0.25) is 0 Å². The van der Waals surface area contributed by atoms with E-state index in [1.165, 1.54) is 44.1 Å². The molecule has 0 heterocycles. The first-order valence-corrected chi connectivity index (χ1v) is 9.27. The van der Waals surface area contributed by atoms with Gasteiger partial charge in [-0.15, -0.1) is 0 Å². The summed E-state index contributed by atoms with van der Waals surface area (Å²) in [6.45, 7) is 6.63. The fourth-order valence-corrected chi connectivity index (χ4v) is 3.66. The van der Waals surface area contributed by atoms with E-state index < -0.39 is 5.79 Å². The van der Waals surface area contributed by atoms with Crippen molar-refractivity contribution < 1.29 is 9.47 Å². The fourth-order valence-electron chi connectivity index (χ4n) is 3.66. The average molecular weight is 321 g/mol.